The van der Waals surface area contributed by atoms with Crippen molar-refractivity contribution in [1.29, 1.82) is 0 Å². The highest BCUT2D eigenvalue weighted by Crippen LogP contribution is 2.34. The van der Waals surface area contributed by atoms with E-state index < -0.39 is 18.1 Å². The molecule has 0 aromatic heterocycles. The molecule has 2 heterocycles. The van der Waals surface area contributed by atoms with Gasteiger partial charge in [-0.2, -0.15) is 13.2 Å². The van der Waals surface area contributed by atoms with Crippen LogP contribution in [-0.2, 0) is 4.74 Å². The Labute approximate surface area is 99.3 Å². The van der Waals surface area contributed by atoms with E-state index in [1.54, 1.807) is 4.90 Å². The quantitative estimate of drug-likeness (QED) is 0.800. The zero-order valence-corrected chi connectivity index (χ0v) is 9.80. The van der Waals surface area contributed by atoms with Crippen molar-refractivity contribution in [3.05, 3.63) is 0 Å². The number of piperazine rings is 1. The molecule has 2 fully saturated rings. The molecule has 0 radical (unpaired) electrons. The predicted molar refractivity (Wildman–Crippen MR) is 57.8 cm³/mol. The molecule has 0 spiro atoms. The molecule has 2 atom stereocenters. The third-order valence-corrected chi connectivity index (χ3v) is 3.52. The second-order valence-electron chi connectivity index (χ2n) is 4.75. The number of rotatable bonds is 2. The fourth-order valence-electron chi connectivity index (χ4n) is 2.75. The Bertz CT molecular complexity index is 217. The van der Waals surface area contributed by atoms with E-state index in [0.717, 1.165) is 6.42 Å². The van der Waals surface area contributed by atoms with Crippen LogP contribution in [0.25, 0.3) is 0 Å². The fraction of sp³-hybridized carbons (Fsp3) is 1.00. The van der Waals surface area contributed by atoms with Gasteiger partial charge in [0.05, 0.1) is 6.61 Å². The van der Waals surface area contributed by atoms with Crippen LogP contribution in [0.3, 0.4) is 0 Å². The number of nitrogens with one attached hydrogen (secondary N) is 1. The summed E-state index contributed by atoms with van der Waals surface area (Å²) in [6.07, 6.45) is -2.79. The van der Waals surface area contributed by atoms with Crippen LogP contribution in [-0.4, -0.2) is 56.5 Å². The Morgan fingerprint density at radius 2 is 1.94 bits per heavy atom. The highest BCUT2D eigenvalue weighted by Gasteiger charge is 2.48. The highest BCUT2D eigenvalue weighted by atomic mass is 19.4. The molecule has 2 rings (SSSR count). The Balaban J connectivity index is 2.06. The third-order valence-electron chi connectivity index (χ3n) is 3.52. The smallest absolute Gasteiger partial charge is 0.381 e. The van der Waals surface area contributed by atoms with Gasteiger partial charge in [-0.15, -0.1) is 0 Å². The minimum Gasteiger partial charge on any atom is -0.381 e. The van der Waals surface area contributed by atoms with Gasteiger partial charge in [0, 0.05) is 38.7 Å². The van der Waals surface area contributed by atoms with Gasteiger partial charge in [-0.25, -0.2) is 0 Å². The van der Waals surface area contributed by atoms with Crippen molar-refractivity contribution in [2.45, 2.75) is 25.1 Å². The molecule has 0 saturated carbocycles. The average molecular weight is 252 g/mol. The molecule has 2 unspecified atom stereocenters. The van der Waals surface area contributed by atoms with E-state index in [0.29, 0.717) is 39.2 Å². The summed E-state index contributed by atoms with van der Waals surface area (Å²) >= 11 is 0. The van der Waals surface area contributed by atoms with E-state index in [1.165, 1.54) is 0 Å². The number of hydrogen-bond acceptors (Lipinski definition) is 3. The van der Waals surface area contributed by atoms with Gasteiger partial charge in [-0.3, -0.25) is 4.90 Å². The summed E-state index contributed by atoms with van der Waals surface area (Å²) in [7, 11) is 0. The Morgan fingerprint density at radius 3 is 2.47 bits per heavy atom. The predicted octanol–water partition coefficient (Wildman–Crippen LogP) is 1.25. The van der Waals surface area contributed by atoms with E-state index >= 15 is 0 Å². The lowest BCUT2D eigenvalue weighted by Crippen LogP contribution is -2.57. The molecule has 0 bridgehead atoms. The van der Waals surface area contributed by atoms with Gasteiger partial charge in [0.25, 0.3) is 0 Å². The number of nitrogens with zero attached hydrogens (tertiary/aromatic N) is 1. The van der Waals surface area contributed by atoms with E-state index in [-0.39, 0.29) is 6.61 Å². The first-order valence-electron chi connectivity index (χ1n) is 6.18. The maximum atomic E-state index is 13.2. The number of alkyl halides is 3. The van der Waals surface area contributed by atoms with Crippen LogP contribution in [0.2, 0.25) is 0 Å². The summed E-state index contributed by atoms with van der Waals surface area (Å²) in [6.45, 7) is 3.07. The van der Waals surface area contributed by atoms with E-state index in [2.05, 4.69) is 5.32 Å². The topological polar surface area (TPSA) is 24.5 Å². The number of ether oxygens (including phenoxy) is 1. The minimum atomic E-state index is -4.15. The molecule has 1 N–H and O–H groups in total. The molecule has 2 aliphatic heterocycles. The van der Waals surface area contributed by atoms with Crippen LogP contribution in [0, 0.1) is 5.92 Å². The van der Waals surface area contributed by atoms with Crippen molar-refractivity contribution < 1.29 is 17.9 Å². The summed E-state index contributed by atoms with van der Waals surface area (Å²) in [5.41, 5.74) is 0. The van der Waals surface area contributed by atoms with Crippen molar-refractivity contribution in [3.63, 3.8) is 0 Å². The average Bonchev–Trinajstić information content (AvgIpc) is 2.30. The standard InChI is InChI=1S/C11H19F3N2O/c12-11(13,14)10(9-2-1-7-17-8-9)16-5-3-15-4-6-16/h9-10,15H,1-8H2. The zero-order valence-electron chi connectivity index (χ0n) is 9.80. The minimum absolute atomic E-state index is 0.244. The monoisotopic (exact) mass is 252 g/mol. The van der Waals surface area contributed by atoms with E-state index in [9.17, 15) is 13.2 Å². The molecule has 2 aliphatic rings. The van der Waals surface area contributed by atoms with Gasteiger partial charge < -0.3 is 10.1 Å². The van der Waals surface area contributed by atoms with Crippen LogP contribution in [0.5, 0.6) is 0 Å². The molecule has 0 aromatic rings. The zero-order chi connectivity index (χ0) is 12.3. The van der Waals surface area contributed by atoms with Crippen molar-refractivity contribution >= 4 is 0 Å². The van der Waals surface area contributed by atoms with Crippen molar-refractivity contribution in [1.82, 2.24) is 10.2 Å². The second kappa shape index (κ2) is 5.54. The summed E-state index contributed by atoms with van der Waals surface area (Å²) < 4.78 is 44.7. The first kappa shape index (κ1) is 13.1. The fourth-order valence-corrected chi connectivity index (χ4v) is 2.75. The lowest BCUT2D eigenvalue weighted by molar-refractivity contribution is -0.208. The summed E-state index contributed by atoms with van der Waals surface area (Å²) in [4.78, 5) is 1.57. The SMILES string of the molecule is FC(F)(F)C(C1CCCOC1)N1CCNCC1. The summed E-state index contributed by atoms with van der Waals surface area (Å²) in [6, 6.07) is -1.33. The number of halogens is 3. The van der Waals surface area contributed by atoms with Gasteiger partial charge in [0.1, 0.15) is 6.04 Å². The summed E-state index contributed by atoms with van der Waals surface area (Å²) in [5.74, 6) is -0.401. The van der Waals surface area contributed by atoms with Gasteiger partial charge in [-0.05, 0) is 12.8 Å². The molecule has 6 heteroatoms. The van der Waals surface area contributed by atoms with E-state index in [1.807, 2.05) is 0 Å². The van der Waals surface area contributed by atoms with Crippen molar-refractivity contribution in [2.75, 3.05) is 39.4 Å². The largest absolute Gasteiger partial charge is 0.404 e. The van der Waals surface area contributed by atoms with Crippen LogP contribution in [0.4, 0.5) is 13.2 Å². The molecule has 0 aliphatic carbocycles. The van der Waals surface area contributed by atoms with Crippen LogP contribution < -0.4 is 5.32 Å². The number of hydrogen-bond donors (Lipinski definition) is 1. The Morgan fingerprint density at radius 1 is 1.24 bits per heavy atom. The van der Waals surface area contributed by atoms with Gasteiger partial charge in [-0.1, -0.05) is 0 Å². The van der Waals surface area contributed by atoms with Crippen molar-refractivity contribution in [2.24, 2.45) is 5.92 Å². The molecule has 0 amide bonds. The molecular formula is C11H19F3N2O. The first-order valence-corrected chi connectivity index (χ1v) is 6.18. The lowest BCUT2D eigenvalue weighted by atomic mass is 9.91. The molecular weight excluding hydrogens is 233 g/mol. The molecule has 2 saturated heterocycles. The van der Waals surface area contributed by atoms with Crippen molar-refractivity contribution in [3.8, 4) is 0 Å². The third kappa shape index (κ3) is 3.33. The van der Waals surface area contributed by atoms with E-state index in [4.69, 9.17) is 4.74 Å². The normalized spacial score (nSPS) is 30.2. The maximum Gasteiger partial charge on any atom is 0.404 e. The Kier molecular flexibility index (Phi) is 4.27. The lowest BCUT2D eigenvalue weighted by Gasteiger charge is -2.41. The van der Waals surface area contributed by atoms with Gasteiger partial charge in [0.15, 0.2) is 0 Å². The molecule has 17 heavy (non-hydrogen) atoms. The van der Waals surface area contributed by atoms with Gasteiger partial charge >= 0.3 is 6.18 Å². The molecule has 3 nitrogen and oxygen atoms in total. The second-order valence-corrected chi connectivity index (χ2v) is 4.75. The highest BCUT2D eigenvalue weighted by molar-refractivity contribution is 4.88. The van der Waals surface area contributed by atoms with Crippen LogP contribution >= 0.6 is 0 Å². The first-order chi connectivity index (χ1) is 8.09. The molecule has 0 aromatic carbocycles. The Hall–Kier alpha value is -0.330. The van der Waals surface area contributed by atoms with Crippen LogP contribution in [0.15, 0.2) is 0 Å². The van der Waals surface area contributed by atoms with Gasteiger partial charge in [0.2, 0.25) is 0 Å². The van der Waals surface area contributed by atoms with Crippen LogP contribution in [0.1, 0.15) is 12.8 Å². The molecule has 100 valence electrons. The maximum absolute atomic E-state index is 13.2. The summed E-state index contributed by atoms with van der Waals surface area (Å²) in [5, 5.41) is 3.08.